The molecule has 1 aliphatic carbocycles. The second-order valence-corrected chi connectivity index (χ2v) is 14.8. The summed E-state index contributed by atoms with van der Waals surface area (Å²) in [5, 5.41) is 0. The Labute approximate surface area is 244 Å². The molecule has 2 unspecified atom stereocenters. The molecule has 4 fully saturated rings. The molecule has 4 aliphatic rings. The van der Waals surface area contributed by atoms with Crippen LogP contribution in [0.5, 0.6) is 0 Å². The maximum absolute atomic E-state index is 15.1. The zero-order chi connectivity index (χ0) is 29.6. The molecule has 1 saturated carbocycles. The van der Waals surface area contributed by atoms with Crippen LogP contribution in [-0.4, -0.2) is 77.1 Å². The Morgan fingerprint density at radius 3 is 2.29 bits per heavy atom. The van der Waals surface area contributed by atoms with Gasteiger partial charge in [-0.3, -0.25) is 14.6 Å². The van der Waals surface area contributed by atoms with Crippen molar-refractivity contribution >= 4 is 12.0 Å². The Hall–Kier alpha value is -2.22. The van der Waals surface area contributed by atoms with Gasteiger partial charge in [-0.25, -0.2) is 13.6 Å². The van der Waals surface area contributed by atoms with Crippen molar-refractivity contribution in [3.8, 4) is 0 Å². The lowest BCUT2D eigenvalue weighted by atomic mass is 9.63. The van der Waals surface area contributed by atoms with Crippen molar-refractivity contribution in [3.63, 3.8) is 0 Å². The van der Waals surface area contributed by atoms with E-state index in [1.807, 2.05) is 9.80 Å². The number of ether oxygens (including phenoxy) is 1. The highest BCUT2D eigenvalue weighted by atomic mass is 19.1. The number of carbonyl (C=O) groups excluding carboxylic acids is 2. The van der Waals surface area contributed by atoms with Crippen molar-refractivity contribution in [2.24, 2.45) is 17.3 Å². The van der Waals surface area contributed by atoms with Gasteiger partial charge in [0, 0.05) is 49.6 Å². The van der Waals surface area contributed by atoms with Crippen molar-refractivity contribution < 1.29 is 23.1 Å². The SMILES string of the molecule is CC(C)(C)N1CCC(C(=O)N2CCC(CN3C(=O)OCC3(C)C)(C3CCCCC3)CC2)C(c2ccc(F)cc2F)C1. The quantitative estimate of drug-likeness (QED) is 0.399. The van der Waals surface area contributed by atoms with Crippen LogP contribution < -0.4 is 0 Å². The Morgan fingerprint density at radius 2 is 1.71 bits per heavy atom. The van der Waals surface area contributed by atoms with Gasteiger partial charge in [-0.15, -0.1) is 0 Å². The lowest BCUT2D eigenvalue weighted by molar-refractivity contribution is -0.142. The van der Waals surface area contributed by atoms with Crippen LogP contribution in [-0.2, 0) is 9.53 Å². The van der Waals surface area contributed by atoms with E-state index >= 15 is 4.39 Å². The molecule has 1 aromatic rings. The van der Waals surface area contributed by atoms with Crippen molar-refractivity contribution in [3.05, 3.63) is 35.4 Å². The van der Waals surface area contributed by atoms with Crippen LogP contribution in [0.1, 0.15) is 97.5 Å². The number of hydrogen-bond donors (Lipinski definition) is 0. The molecule has 8 heteroatoms. The molecule has 6 nitrogen and oxygen atoms in total. The van der Waals surface area contributed by atoms with Crippen LogP contribution >= 0.6 is 0 Å². The minimum Gasteiger partial charge on any atom is -0.447 e. The number of carbonyl (C=O) groups is 2. The molecule has 41 heavy (non-hydrogen) atoms. The maximum atomic E-state index is 15.1. The minimum atomic E-state index is -0.599. The summed E-state index contributed by atoms with van der Waals surface area (Å²) in [6, 6.07) is 3.78. The Morgan fingerprint density at radius 1 is 1.02 bits per heavy atom. The second kappa shape index (κ2) is 11.5. The first-order valence-corrected chi connectivity index (χ1v) is 15.7. The first kappa shape index (κ1) is 30.2. The van der Waals surface area contributed by atoms with E-state index < -0.39 is 11.6 Å². The monoisotopic (exact) mass is 573 g/mol. The first-order chi connectivity index (χ1) is 19.3. The second-order valence-electron chi connectivity index (χ2n) is 14.8. The highest BCUT2D eigenvalue weighted by Crippen LogP contribution is 2.48. The zero-order valence-electron chi connectivity index (χ0n) is 25.7. The molecule has 5 rings (SSSR count). The van der Waals surface area contributed by atoms with Crippen molar-refractivity contribution in [2.75, 3.05) is 39.3 Å². The Balaban J connectivity index is 1.36. The number of likely N-dealkylation sites (tertiary alicyclic amines) is 2. The summed E-state index contributed by atoms with van der Waals surface area (Å²) in [7, 11) is 0. The number of cyclic esters (lactones) is 1. The molecular weight excluding hydrogens is 524 g/mol. The third-order valence-electron chi connectivity index (χ3n) is 10.8. The molecule has 2 atom stereocenters. The molecule has 3 heterocycles. The minimum absolute atomic E-state index is 0.0318. The number of nitrogens with zero attached hydrogens (tertiary/aromatic N) is 3. The van der Waals surface area contributed by atoms with E-state index in [4.69, 9.17) is 4.74 Å². The third-order valence-corrected chi connectivity index (χ3v) is 10.8. The third kappa shape index (κ3) is 6.14. The molecule has 0 spiro atoms. The van der Waals surface area contributed by atoms with Gasteiger partial charge in [-0.2, -0.15) is 0 Å². The lowest BCUT2D eigenvalue weighted by Gasteiger charge is -2.51. The van der Waals surface area contributed by atoms with Crippen LogP contribution in [0.15, 0.2) is 18.2 Å². The van der Waals surface area contributed by atoms with E-state index in [1.54, 1.807) is 0 Å². The highest BCUT2D eigenvalue weighted by Gasteiger charge is 2.50. The maximum Gasteiger partial charge on any atom is 0.410 e. The van der Waals surface area contributed by atoms with Gasteiger partial charge >= 0.3 is 6.09 Å². The van der Waals surface area contributed by atoms with Crippen LogP contribution in [0.25, 0.3) is 0 Å². The fraction of sp³-hybridized carbons (Fsp3) is 0.758. The van der Waals surface area contributed by atoms with Gasteiger partial charge in [0.05, 0.1) is 5.54 Å². The average Bonchev–Trinajstić information content (AvgIpc) is 3.19. The number of halogens is 2. The van der Waals surface area contributed by atoms with Crippen LogP contribution in [0.3, 0.4) is 0 Å². The fourth-order valence-corrected chi connectivity index (χ4v) is 8.03. The normalized spacial score (nSPS) is 27.6. The Bertz CT molecular complexity index is 1120. The van der Waals surface area contributed by atoms with Gasteiger partial charge in [0.25, 0.3) is 0 Å². The molecule has 1 aromatic carbocycles. The molecule has 2 amide bonds. The number of piperidine rings is 2. The molecule has 3 saturated heterocycles. The van der Waals surface area contributed by atoms with E-state index in [9.17, 15) is 14.0 Å². The van der Waals surface area contributed by atoms with E-state index in [0.29, 0.717) is 50.7 Å². The van der Waals surface area contributed by atoms with Gasteiger partial charge in [0.1, 0.15) is 18.2 Å². The predicted molar refractivity (Wildman–Crippen MR) is 155 cm³/mol. The van der Waals surface area contributed by atoms with Gasteiger partial charge in [-0.1, -0.05) is 25.3 Å². The topological polar surface area (TPSA) is 53.1 Å². The summed E-state index contributed by atoms with van der Waals surface area (Å²) in [5.41, 5.74) is -0.0467. The summed E-state index contributed by atoms with van der Waals surface area (Å²) in [6.07, 6.45) is 8.21. The van der Waals surface area contributed by atoms with E-state index in [0.717, 1.165) is 25.5 Å². The largest absolute Gasteiger partial charge is 0.447 e. The molecule has 3 aliphatic heterocycles. The van der Waals surface area contributed by atoms with Crippen molar-refractivity contribution in [1.29, 1.82) is 0 Å². The highest BCUT2D eigenvalue weighted by molar-refractivity contribution is 5.80. The van der Waals surface area contributed by atoms with Gasteiger partial charge in [0.2, 0.25) is 5.91 Å². The average molecular weight is 574 g/mol. The molecule has 0 N–H and O–H groups in total. The molecule has 0 bridgehead atoms. The number of benzene rings is 1. The van der Waals surface area contributed by atoms with E-state index in [-0.39, 0.29) is 40.3 Å². The summed E-state index contributed by atoms with van der Waals surface area (Å²) in [6.45, 7) is 14.3. The lowest BCUT2D eigenvalue weighted by Crippen LogP contribution is -2.57. The summed E-state index contributed by atoms with van der Waals surface area (Å²) in [4.78, 5) is 33.2. The van der Waals surface area contributed by atoms with Crippen LogP contribution in [0.2, 0.25) is 0 Å². The summed E-state index contributed by atoms with van der Waals surface area (Å²) < 4.78 is 34.4. The number of amides is 2. The van der Waals surface area contributed by atoms with Crippen LogP contribution in [0.4, 0.5) is 13.6 Å². The molecule has 0 aromatic heterocycles. The molecular formula is C33H49F2N3O3. The predicted octanol–water partition coefficient (Wildman–Crippen LogP) is 6.59. The standard InChI is InChI=1S/C33H49F2N3O3/c1-31(2,3)37-16-13-26(27(20-37)25-12-11-24(34)19-28(25)35)29(39)36-17-14-33(15-18-36,23-9-7-6-8-10-23)21-38-30(40)41-22-32(38,4)5/h11-12,19,23,26-27H,6-10,13-18,20-22H2,1-5H3. The smallest absolute Gasteiger partial charge is 0.410 e. The van der Waals surface area contributed by atoms with E-state index in [1.165, 1.54) is 44.2 Å². The molecule has 228 valence electrons. The van der Waals surface area contributed by atoms with Gasteiger partial charge < -0.3 is 9.64 Å². The number of hydrogen-bond acceptors (Lipinski definition) is 4. The fourth-order valence-electron chi connectivity index (χ4n) is 8.03. The van der Waals surface area contributed by atoms with Crippen molar-refractivity contribution in [2.45, 2.75) is 103 Å². The zero-order valence-corrected chi connectivity index (χ0v) is 25.7. The molecule has 0 radical (unpaired) electrons. The number of rotatable bonds is 5. The first-order valence-electron chi connectivity index (χ1n) is 15.7. The van der Waals surface area contributed by atoms with Gasteiger partial charge in [-0.05, 0) is 96.2 Å². The van der Waals surface area contributed by atoms with Crippen molar-refractivity contribution in [1.82, 2.24) is 14.7 Å². The van der Waals surface area contributed by atoms with Crippen LogP contribution in [0, 0.1) is 28.9 Å². The Kier molecular flexibility index (Phi) is 8.45. The van der Waals surface area contributed by atoms with Gasteiger partial charge in [0.15, 0.2) is 0 Å². The summed E-state index contributed by atoms with van der Waals surface area (Å²) >= 11 is 0. The van der Waals surface area contributed by atoms with E-state index in [2.05, 4.69) is 39.5 Å². The summed E-state index contributed by atoms with van der Waals surface area (Å²) in [5.74, 6) is -1.22.